The summed E-state index contributed by atoms with van der Waals surface area (Å²) in [4.78, 5) is 0. The highest BCUT2D eigenvalue weighted by Gasteiger charge is 2.25. The normalized spacial score (nSPS) is 24.1. The molecule has 1 fully saturated rings. The summed E-state index contributed by atoms with van der Waals surface area (Å²) in [7, 11) is 0. The third-order valence-corrected chi connectivity index (χ3v) is 4.24. The minimum absolute atomic E-state index is 0.700. The van der Waals surface area contributed by atoms with Crippen molar-refractivity contribution in [1.29, 1.82) is 0 Å². The molecular formula is C17H27N. The second-order valence-electron chi connectivity index (χ2n) is 5.55. The average Bonchev–Trinajstić information content (AvgIpc) is 2.45. The maximum Gasteiger partial charge on any atom is 0.0136 e. The van der Waals surface area contributed by atoms with Crippen LogP contribution in [0.4, 0.5) is 0 Å². The Bertz CT molecular complexity index is 341. The summed E-state index contributed by atoms with van der Waals surface area (Å²) >= 11 is 0. The van der Waals surface area contributed by atoms with Gasteiger partial charge in [0.2, 0.25) is 0 Å². The van der Waals surface area contributed by atoms with E-state index in [4.69, 9.17) is 0 Å². The van der Waals surface area contributed by atoms with Gasteiger partial charge in [0.1, 0.15) is 0 Å². The van der Waals surface area contributed by atoms with Crippen LogP contribution in [-0.2, 0) is 6.42 Å². The van der Waals surface area contributed by atoms with Gasteiger partial charge in [0.05, 0.1) is 0 Å². The molecule has 1 aliphatic carbocycles. The van der Waals surface area contributed by atoms with Gasteiger partial charge in [-0.15, -0.1) is 0 Å². The van der Waals surface area contributed by atoms with Crippen molar-refractivity contribution < 1.29 is 0 Å². The van der Waals surface area contributed by atoms with Crippen molar-refractivity contribution in [3.05, 3.63) is 35.4 Å². The van der Waals surface area contributed by atoms with E-state index in [1.165, 1.54) is 37.7 Å². The monoisotopic (exact) mass is 245 g/mol. The van der Waals surface area contributed by atoms with Crippen molar-refractivity contribution in [2.75, 3.05) is 6.54 Å². The first-order valence-electron chi connectivity index (χ1n) is 7.67. The molecule has 0 spiro atoms. The summed E-state index contributed by atoms with van der Waals surface area (Å²) in [5.74, 6) is 0.733. The molecular weight excluding hydrogens is 218 g/mol. The van der Waals surface area contributed by atoms with E-state index in [9.17, 15) is 0 Å². The summed E-state index contributed by atoms with van der Waals surface area (Å²) in [6.07, 6.45) is 7.86. The van der Waals surface area contributed by atoms with E-state index >= 15 is 0 Å². The van der Waals surface area contributed by atoms with Crippen molar-refractivity contribution in [2.24, 2.45) is 0 Å². The van der Waals surface area contributed by atoms with Gasteiger partial charge < -0.3 is 5.32 Å². The Balaban J connectivity index is 2.06. The van der Waals surface area contributed by atoms with Crippen LogP contribution in [0.1, 0.15) is 63.0 Å². The molecule has 1 N–H and O–H groups in total. The maximum atomic E-state index is 3.75. The van der Waals surface area contributed by atoms with Crippen LogP contribution in [0.5, 0.6) is 0 Å². The lowest BCUT2D eigenvalue weighted by Crippen LogP contribution is -2.37. The number of rotatable bonds is 5. The van der Waals surface area contributed by atoms with Crippen LogP contribution in [0.2, 0.25) is 0 Å². The lowest BCUT2D eigenvalue weighted by molar-refractivity contribution is 0.328. The van der Waals surface area contributed by atoms with Gasteiger partial charge in [-0.2, -0.15) is 0 Å². The average molecular weight is 245 g/mol. The van der Waals surface area contributed by atoms with Crippen LogP contribution in [0.3, 0.4) is 0 Å². The molecule has 0 heterocycles. The Morgan fingerprint density at radius 2 is 1.78 bits per heavy atom. The second kappa shape index (κ2) is 6.94. The van der Waals surface area contributed by atoms with Crippen molar-refractivity contribution in [2.45, 2.75) is 64.3 Å². The predicted octanol–water partition coefficient (Wildman–Crippen LogP) is 4.27. The molecule has 1 saturated carbocycles. The van der Waals surface area contributed by atoms with Crippen LogP contribution in [-0.4, -0.2) is 12.6 Å². The zero-order valence-corrected chi connectivity index (χ0v) is 11.9. The van der Waals surface area contributed by atoms with E-state index in [0.717, 1.165) is 18.9 Å². The van der Waals surface area contributed by atoms with Gasteiger partial charge in [-0.05, 0) is 49.3 Å². The van der Waals surface area contributed by atoms with Gasteiger partial charge in [0.25, 0.3) is 0 Å². The van der Waals surface area contributed by atoms with Crippen molar-refractivity contribution >= 4 is 0 Å². The van der Waals surface area contributed by atoms with Gasteiger partial charge in [-0.3, -0.25) is 0 Å². The molecule has 2 unspecified atom stereocenters. The van der Waals surface area contributed by atoms with Gasteiger partial charge in [-0.1, -0.05) is 51.0 Å². The Labute approximate surface area is 112 Å². The smallest absolute Gasteiger partial charge is 0.0136 e. The lowest BCUT2D eigenvalue weighted by atomic mass is 9.79. The van der Waals surface area contributed by atoms with Gasteiger partial charge in [0, 0.05) is 6.04 Å². The van der Waals surface area contributed by atoms with Gasteiger partial charge in [0.15, 0.2) is 0 Å². The molecule has 2 rings (SSSR count). The molecule has 0 aliphatic heterocycles. The molecule has 1 aromatic carbocycles. The highest BCUT2D eigenvalue weighted by molar-refractivity contribution is 5.27. The Morgan fingerprint density at radius 3 is 2.44 bits per heavy atom. The molecule has 0 amide bonds. The zero-order chi connectivity index (χ0) is 12.8. The first-order chi connectivity index (χ1) is 8.85. The van der Waals surface area contributed by atoms with Crippen LogP contribution in [0.25, 0.3) is 0 Å². The molecule has 18 heavy (non-hydrogen) atoms. The molecule has 100 valence electrons. The second-order valence-corrected chi connectivity index (χ2v) is 5.55. The maximum absolute atomic E-state index is 3.75. The van der Waals surface area contributed by atoms with Crippen molar-refractivity contribution in [3.8, 4) is 0 Å². The molecule has 1 nitrogen and oxygen atoms in total. The molecule has 2 atom stereocenters. The molecule has 0 radical (unpaired) electrons. The van der Waals surface area contributed by atoms with E-state index in [-0.39, 0.29) is 0 Å². The summed E-state index contributed by atoms with van der Waals surface area (Å²) in [6, 6.07) is 10.0. The zero-order valence-electron chi connectivity index (χ0n) is 11.9. The fourth-order valence-corrected chi connectivity index (χ4v) is 3.10. The molecule has 1 aliphatic rings. The first kappa shape index (κ1) is 13.6. The highest BCUT2D eigenvalue weighted by atomic mass is 14.9. The first-order valence-corrected chi connectivity index (χ1v) is 7.67. The van der Waals surface area contributed by atoms with E-state index in [1.54, 1.807) is 5.56 Å². The topological polar surface area (TPSA) is 12.0 Å². The lowest BCUT2D eigenvalue weighted by Gasteiger charge is -2.33. The van der Waals surface area contributed by atoms with Crippen LogP contribution < -0.4 is 5.32 Å². The number of benzene rings is 1. The fourth-order valence-electron chi connectivity index (χ4n) is 3.10. The molecule has 1 aromatic rings. The quantitative estimate of drug-likeness (QED) is 0.816. The molecule has 0 aromatic heterocycles. The van der Waals surface area contributed by atoms with Crippen molar-refractivity contribution in [1.82, 2.24) is 5.32 Å². The number of hydrogen-bond donors (Lipinski definition) is 1. The van der Waals surface area contributed by atoms with E-state index in [2.05, 4.69) is 43.4 Å². The van der Waals surface area contributed by atoms with E-state index < -0.39 is 0 Å². The van der Waals surface area contributed by atoms with E-state index in [0.29, 0.717) is 6.04 Å². The Kier molecular flexibility index (Phi) is 5.25. The molecule has 0 saturated heterocycles. The third kappa shape index (κ3) is 3.35. The largest absolute Gasteiger partial charge is 0.313 e. The molecule has 0 bridgehead atoms. The molecule has 1 heteroatoms. The minimum Gasteiger partial charge on any atom is -0.313 e. The van der Waals surface area contributed by atoms with Crippen LogP contribution >= 0.6 is 0 Å². The van der Waals surface area contributed by atoms with Crippen LogP contribution in [0.15, 0.2) is 24.3 Å². The third-order valence-electron chi connectivity index (χ3n) is 4.24. The summed E-state index contributed by atoms with van der Waals surface area (Å²) in [6.45, 7) is 5.64. The number of nitrogens with one attached hydrogen (secondary N) is 1. The standard InChI is InChI=1S/C17H27N/c1-3-13-18-17-8-6-5-7-16(17)15-11-9-14(4-2)10-12-15/h9-12,16-18H,3-8,13H2,1-2H3. The summed E-state index contributed by atoms with van der Waals surface area (Å²) < 4.78 is 0. The minimum atomic E-state index is 0.700. The van der Waals surface area contributed by atoms with Crippen LogP contribution in [0, 0.1) is 0 Å². The number of hydrogen-bond acceptors (Lipinski definition) is 1. The fraction of sp³-hybridized carbons (Fsp3) is 0.647. The van der Waals surface area contributed by atoms with Gasteiger partial charge >= 0.3 is 0 Å². The Hall–Kier alpha value is -0.820. The highest BCUT2D eigenvalue weighted by Crippen LogP contribution is 2.33. The number of aryl methyl sites for hydroxylation is 1. The Morgan fingerprint density at radius 1 is 1.06 bits per heavy atom. The SMILES string of the molecule is CCCNC1CCCCC1c1ccc(CC)cc1. The summed E-state index contributed by atoms with van der Waals surface area (Å²) in [5.41, 5.74) is 2.99. The van der Waals surface area contributed by atoms with E-state index in [1.807, 2.05) is 0 Å². The summed E-state index contributed by atoms with van der Waals surface area (Å²) in [5, 5.41) is 3.75. The van der Waals surface area contributed by atoms with Gasteiger partial charge in [-0.25, -0.2) is 0 Å². The van der Waals surface area contributed by atoms with Crippen molar-refractivity contribution in [3.63, 3.8) is 0 Å². The predicted molar refractivity (Wildman–Crippen MR) is 79.1 cm³/mol.